The van der Waals surface area contributed by atoms with Gasteiger partial charge in [-0.1, -0.05) is 13.8 Å². The average molecular weight is 224 g/mol. The number of nitrogens with one attached hydrogen (secondary N) is 1. The molecule has 0 saturated carbocycles. The van der Waals surface area contributed by atoms with Crippen molar-refractivity contribution in [3.8, 4) is 0 Å². The fraction of sp³-hybridized carbons (Fsp3) is 0.889. The normalized spacial score (nSPS) is 23.3. The van der Waals surface area contributed by atoms with Crippen molar-refractivity contribution in [1.82, 2.24) is 10.2 Å². The van der Waals surface area contributed by atoms with Crippen LogP contribution >= 0.6 is 0 Å². The van der Waals surface area contributed by atoms with E-state index in [1.165, 1.54) is 0 Å². The molecule has 0 bridgehead atoms. The minimum atomic E-state index is -4.75. The molecule has 1 heterocycles. The highest BCUT2D eigenvalue weighted by Gasteiger charge is 2.43. The Balaban J connectivity index is 2.60. The molecule has 1 unspecified atom stereocenters. The number of rotatable bonds is 1. The van der Waals surface area contributed by atoms with Crippen molar-refractivity contribution in [2.45, 2.75) is 26.1 Å². The molecule has 0 aromatic carbocycles. The first-order valence-electron chi connectivity index (χ1n) is 4.92. The van der Waals surface area contributed by atoms with Crippen LogP contribution in [0.25, 0.3) is 0 Å². The number of amides is 1. The van der Waals surface area contributed by atoms with Crippen LogP contribution in [0.1, 0.15) is 13.8 Å². The standard InChI is InChI=1S/C9H15F3N2O/c1-6(2)7-5-14(4-3-13-7)8(15)9(10,11)12/h6-7,13H,3-5H2,1-2H3. The van der Waals surface area contributed by atoms with Crippen LogP contribution in [0, 0.1) is 5.92 Å². The SMILES string of the molecule is CC(C)C1CN(C(=O)C(F)(F)F)CCN1. The van der Waals surface area contributed by atoms with Gasteiger partial charge in [0.25, 0.3) is 0 Å². The van der Waals surface area contributed by atoms with Crippen LogP contribution in [0.5, 0.6) is 0 Å². The van der Waals surface area contributed by atoms with E-state index in [0.29, 0.717) is 6.54 Å². The third-order valence-corrected chi connectivity index (χ3v) is 2.54. The zero-order valence-corrected chi connectivity index (χ0v) is 8.77. The van der Waals surface area contributed by atoms with Crippen LogP contribution in [-0.4, -0.2) is 42.7 Å². The molecule has 0 aromatic rings. The van der Waals surface area contributed by atoms with Crippen LogP contribution in [0.2, 0.25) is 0 Å². The zero-order valence-electron chi connectivity index (χ0n) is 8.77. The van der Waals surface area contributed by atoms with Crippen LogP contribution in [0.15, 0.2) is 0 Å². The Bertz CT molecular complexity index is 240. The lowest BCUT2D eigenvalue weighted by Gasteiger charge is -2.35. The Kier molecular flexibility index (Phi) is 3.59. The molecule has 1 amide bonds. The van der Waals surface area contributed by atoms with Gasteiger partial charge in [-0.15, -0.1) is 0 Å². The molecule has 0 aromatic heterocycles. The number of halogens is 3. The number of carbonyl (C=O) groups is 1. The fourth-order valence-corrected chi connectivity index (χ4v) is 1.59. The highest BCUT2D eigenvalue weighted by atomic mass is 19.4. The molecule has 15 heavy (non-hydrogen) atoms. The minimum absolute atomic E-state index is 0.0509. The second-order valence-electron chi connectivity index (χ2n) is 4.05. The van der Waals surface area contributed by atoms with Crippen molar-refractivity contribution < 1.29 is 18.0 Å². The van der Waals surface area contributed by atoms with Crippen molar-refractivity contribution >= 4 is 5.91 Å². The van der Waals surface area contributed by atoms with Gasteiger partial charge in [-0.25, -0.2) is 0 Å². The molecule has 1 aliphatic rings. The van der Waals surface area contributed by atoms with E-state index in [1.807, 2.05) is 13.8 Å². The summed E-state index contributed by atoms with van der Waals surface area (Å²) in [7, 11) is 0. The molecular formula is C9H15F3N2O. The maximum absolute atomic E-state index is 12.2. The molecule has 88 valence electrons. The monoisotopic (exact) mass is 224 g/mol. The van der Waals surface area contributed by atoms with Gasteiger partial charge in [0.15, 0.2) is 0 Å². The van der Waals surface area contributed by atoms with Crippen LogP contribution in [-0.2, 0) is 4.79 Å². The van der Waals surface area contributed by atoms with Crippen LogP contribution in [0.4, 0.5) is 13.2 Å². The molecule has 1 N–H and O–H groups in total. The molecule has 1 aliphatic heterocycles. The van der Waals surface area contributed by atoms with Crippen molar-refractivity contribution in [3.05, 3.63) is 0 Å². The first-order valence-corrected chi connectivity index (χ1v) is 4.92. The van der Waals surface area contributed by atoms with Gasteiger partial charge in [-0.05, 0) is 5.92 Å². The van der Waals surface area contributed by atoms with E-state index in [-0.39, 0.29) is 25.0 Å². The van der Waals surface area contributed by atoms with E-state index in [0.717, 1.165) is 4.90 Å². The van der Waals surface area contributed by atoms with Gasteiger partial charge in [-0.3, -0.25) is 4.79 Å². The van der Waals surface area contributed by atoms with E-state index in [9.17, 15) is 18.0 Å². The Morgan fingerprint density at radius 1 is 1.47 bits per heavy atom. The third-order valence-electron chi connectivity index (χ3n) is 2.54. The quantitative estimate of drug-likeness (QED) is 0.720. The maximum Gasteiger partial charge on any atom is 0.471 e. The third kappa shape index (κ3) is 3.09. The first kappa shape index (κ1) is 12.3. The molecule has 3 nitrogen and oxygen atoms in total. The lowest BCUT2D eigenvalue weighted by atomic mass is 10.0. The van der Waals surface area contributed by atoms with Gasteiger partial charge < -0.3 is 10.2 Å². The van der Waals surface area contributed by atoms with E-state index < -0.39 is 12.1 Å². The van der Waals surface area contributed by atoms with Gasteiger partial charge in [0, 0.05) is 25.7 Å². The molecule has 1 saturated heterocycles. The second kappa shape index (κ2) is 4.38. The van der Waals surface area contributed by atoms with E-state index in [1.54, 1.807) is 0 Å². The lowest BCUT2D eigenvalue weighted by Crippen LogP contribution is -2.57. The predicted molar refractivity (Wildman–Crippen MR) is 49.3 cm³/mol. The van der Waals surface area contributed by atoms with Gasteiger partial charge in [0.1, 0.15) is 0 Å². The fourth-order valence-electron chi connectivity index (χ4n) is 1.59. The number of alkyl halides is 3. The average Bonchev–Trinajstić information content (AvgIpc) is 2.15. The highest BCUT2D eigenvalue weighted by Crippen LogP contribution is 2.20. The molecule has 1 fully saturated rings. The first-order chi connectivity index (χ1) is 6.82. The van der Waals surface area contributed by atoms with E-state index >= 15 is 0 Å². The Morgan fingerprint density at radius 2 is 2.07 bits per heavy atom. The summed E-state index contributed by atoms with van der Waals surface area (Å²) < 4.78 is 36.5. The molecule has 1 atom stereocenters. The van der Waals surface area contributed by atoms with Crippen molar-refractivity contribution in [3.63, 3.8) is 0 Å². The summed E-state index contributed by atoms with van der Waals surface area (Å²) in [5.41, 5.74) is 0. The molecule has 0 spiro atoms. The van der Waals surface area contributed by atoms with Crippen molar-refractivity contribution in [1.29, 1.82) is 0 Å². The second-order valence-corrected chi connectivity index (χ2v) is 4.05. The number of piperazine rings is 1. The topological polar surface area (TPSA) is 32.3 Å². The van der Waals surface area contributed by atoms with Gasteiger partial charge in [0.05, 0.1) is 0 Å². The van der Waals surface area contributed by atoms with Crippen molar-refractivity contribution in [2.75, 3.05) is 19.6 Å². The smallest absolute Gasteiger partial charge is 0.332 e. The summed E-state index contributed by atoms with van der Waals surface area (Å²) >= 11 is 0. The largest absolute Gasteiger partial charge is 0.471 e. The Hall–Kier alpha value is -0.780. The number of nitrogens with zero attached hydrogens (tertiary/aromatic N) is 1. The Labute approximate surface area is 86.6 Å². The van der Waals surface area contributed by atoms with Crippen LogP contribution < -0.4 is 5.32 Å². The summed E-state index contributed by atoms with van der Waals surface area (Å²) in [6.45, 7) is 4.51. The van der Waals surface area contributed by atoms with E-state index in [2.05, 4.69) is 5.32 Å². The predicted octanol–water partition coefficient (Wildman–Crippen LogP) is 1.01. The van der Waals surface area contributed by atoms with Crippen LogP contribution in [0.3, 0.4) is 0 Å². The van der Waals surface area contributed by atoms with Crippen molar-refractivity contribution in [2.24, 2.45) is 5.92 Å². The van der Waals surface area contributed by atoms with Gasteiger partial charge in [-0.2, -0.15) is 13.2 Å². The maximum atomic E-state index is 12.2. The summed E-state index contributed by atoms with van der Waals surface area (Å²) in [5.74, 6) is -1.51. The summed E-state index contributed by atoms with van der Waals surface area (Å²) in [6.07, 6.45) is -4.75. The number of hydrogen-bond acceptors (Lipinski definition) is 2. The van der Waals surface area contributed by atoms with Gasteiger partial charge in [0.2, 0.25) is 0 Å². The van der Waals surface area contributed by atoms with E-state index in [4.69, 9.17) is 0 Å². The summed E-state index contributed by atoms with van der Waals surface area (Å²) in [4.78, 5) is 11.8. The summed E-state index contributed by atoms with van der Waals surface area (Å²) in [5, 5.41) is 3.09. The Morgan fingerprint density at radius 3 is 2.53 bits per heavy atom. The molecule has 0 radical (unpaired) electrons. The molecule has 6 heteroatoms. The molecular weight excluding hydrogens is 209 g/mol. The van der Waals surface area contributed by atoms with Gasteiger partial charge >= 0.3 is 12.1 Å². The summed E-state index contributed by atoms with van der Waals surface area (Å²) in [6, 6.07) is -0.0509. The molecule has 0 aliphatic carbocycles. The molecule has 1 rings (SSSR count). The minimum Gasteiger partial charge on any atom is -0.332 e. The highest BCUT2D eigenvalue weighted by molar-refractivity contribution is 5.82. The number of carbonyl (C=O) groups excluding carboxylic acids is 1. The lowest BCUT2D eigenvalue weighted by molar-refractivity contribution is -0.186. The zero-order chi connectivity index (χ0) is 11.6. The number of hydrogen-bond donors (Lipinski definition) is 1.